The quantitative estimate of drug-likeness (QED) is 0.499. The van der Waals surface area contributed by atoms with Crippen LogP contribution in [0.25, 0.3) is 22.5 Å². The third-order valence-corrected chi connectivity index (χ3v) is 5.13. The number of nitrogens with one attached hydrogen (secondary N) is 1. The van der Waals surface area contributed by atoms with E-state index >= 15 is 0 Å². The van der Waals surface area contributed by atoms with E-state index in [2.05, 4.69) is 15.1 Å². The molecule has 0 fully saturated rings. The molecule has 1 aliphatic heterocycles. The first-order valence-corrected chi connectivity index (χ1v) is 9.91. The number of H-pyrrole nitrogens is 1. The van der Waals surface area contributed by atoms with E-state index < -0.39 is 5.72 Å². The molecule has 0 atom stereocenters. The SMILES string of the molecule is CC1(C)ON=C(c2ccccc2)N1c1nc(-c2ccc(F)cc2)c(-c2ccncc2)[nH]1. The minimum absolute atomic E-state index is 0.294. The van der Waals surface area contributed by atoms with E-state index in [0.29, 0.717) is 17.5 Å². The molecule has 31 heavy (non-hydrogen) atoms. The number of amidine groups is 1. The first kappa shape index (κ1) is 19.0. The van der Waals surface area contributed by atoms with Gasteiger partial charge in [-0.15, -0.1) is 0 Å². The van der Waals surface area contributed by atoms with E-state index in [9.17, 15) is 4.39 Å². The molecule has 0 saturated carbocycles. The van der Waals surface area contributed by atoms with Crippen molar-refractivity contribution in [3.8, 4) is 22.5 Å². The number of nitrogens with zero attached hydrogens (tertiary/aromatic N) is 4. The minimum Gasteiger partial charge on any atom is -0.365 e. The van der Waals surface area contributed by atoms with Crippen LogP contribution >= 0.6 is 0 Å². The van der Waals surface area contributed by atoms with E-state index in [1.54, 1.807) is 24.5 Å². The zero-order valence-corrected chi connectivity index (χ0v) is 17.1. The maximum Gasteiger partial charge on any atom is 0.213 e. The molecule has 1 N–H and O–H groups in total. The second-order valence-electron chi connectivity index (χ2n) is 7.68. The van der Waals surface area contributed by atoms with Crippen molar-refractivity contribution >= 4 is 11.8 Å². The van der Waals surface area contributed by atoms with Crippen molar-refractivity contribution in [2.75, 3.05) is 4.90 Å². The Morgan fingerprint density at radius 2 is 1.58 bits per heavy atom. The molecular formula is C24H20FN5O. The lowest BCUT2D eigenvalue weighted by molar-refractivity contribution is 0.0131. The predicted molar refractivity (Wildman–Crippen MR) is 118 cm³/mol. The van der Waals surface area contributed by atoms with E-state index in [1.807, 2.05) is 61.2 Å². The number of benzene rings is 2. The molecule has 1 aliphatic rings. The van der Waals surface area contributed by atoms with Gasteiger partial charge in [0.05, 0.1) is 11.4 Å². The van der Waals surface area contributed by atoms with Gasteiger partial charge in [0.2, 0.25) is 11.7 Å². The van der Waals surface area contributed by atoms with Crippen LogP contribution in [0.3, 0.4) is 0 Å². The number of oxime groups is 1. The summed E-state index contributed by atoms with van der Waals surface area (Å²) in [5, 5.41) is 4.34. The molecule has 5 rings (SSSR count). The Morgan fingerprint density at radius 1 is 0.871 bits per heavy atom. The highest BCUT2D eigenvalue weighted by Gasteiger charge is 2.41. The number of aromatic nitrogens is 3. The highest BCUT2D eigenvalue weighted by Crippen LogP contribution is 2.37. The van der Waals surface area contributed by atoms with Gasteiger partial charge in [0.1, 0.15) is 5.82 Å². The fourth-order valence-electron chi connectivity index (χ4n) is 3.63. The molecule has 2 aromatic carbocycles. The first-order chi connectivity index (χ1) is 15.0. The minimum atomic E-state index is -0.751. The molecule has 4 aromatic rings. The molecule has 0 radical (unpaired) electrons. The average Bonchev–Trinajstić information content (AvgIpc) is 3.36. The molecular weight excluding hydrogens is 393 g/mol. The molecule has 0 amide bonds. The molecule has 0 spiro atoms. The summed E-state index contributed by atoms with van der Waals surface area (Å²) in [6, 6.07) is 19.9. The molecule has 0 saturated heterocycles. The Balaban J connectivity index is 1.67. The van der Waals surface area contributed by atoms with Crippen LogP contribution in [0.2, 0.25) is 0 Å². The van der Waals surface area contributed by atoms with E-state index in [-0.39, 0.29) is 5.82 Å². The molecule has 0 bridgehead atoms. The van der Waals surface area contributed by atoms with E-state index in [1.165, 1.54) is 12.1 Å². The van der Waals surface area contributed by atoms with Crippen molar-refractivity contribution in [1.29, 1.82) is 0 Å². The number of hydrogen-bond acceptors (Lipinski definition) is 5. The zero-order valence-electron chi connectivity index (χ0n) is 17.1. The van der Waals surface area contributed by atoms with Crippen molar-refractivity contribution in [2.24, 2.45) is 5.16 Å². The number of halogens is 1. The molecule has 154 valence electrons. The third-order valence-electron chi connectivity index (χ3n) is 5.13. The van der Waals surface area contributed by atoms with Crippen molar-refractivity contribution in [3.05, 3.63) is 90.5 Å². The van der Waals surface area contributed by atoms with Gasteiger partial charge in [0, 0.05) is 29.1 Å². The molecule has 0 unspecified atom stereocenters. The highest BCUT2D eigenvalue weighted by molar-refractivity contribution is 6.10. The van der Waals surface area contributed by atoms with Crippen LogP contribution in [0.15, 0.2) is 84.3 Å². The summed E-state index contributed by atoms with van der Waals surface area (Å²) < 4.78 is 13.5. The fourth-order valence-corrected chi connectivity index (χ4v) is 3.63. The van der Waals surface area contributed by atoms with Crippen molar-refractivity contribution in [1.82, 2.24) is 15.0 Å². The summed E-state index contributed by atoms with van der Waals surface area (Å²) in [5.41, 5.74) is 3.39. The van der Waals surface area contributed by atoms with E-state index in [4.69, 9.17) is 9.82 Å². The standard InChI is InChI=1S/C24H20FN5O/c1-24(2)30(22(29-31-24)18-6-4-3-5-7-18)23-27-20(16-8-10-19(25)11-9-16)21(28-23)17-12-14-26-15-13-17/h3-15H,1-2H3,(H,27,28). The van der Waals surface area contributed by atoms with Gasteiger partial charge >= 0.3 is 0 Å². The van der Waals surface area contributed by atoms with Gasteiger partial charge in [-0.05, 0) is 50.2 Å². The molecule has 6 nitrogen and oxygen atoms in total. The zero-order chi connectivity index (χ0) is 21.4. The number of pyridine rings is 1. The van der Waals surface area contributed by atoms with Gasteiger partial charge in [-0.2, -0.15) is 0 Å². The summed E-state index contributed by atoms with van der Waals surface area (Å²) in [7, 11) is 0. The second kappa shape index (κ2) is 7.36. The maximum absolute atomic E-state index is 13.5. The first-order valence-electron chi connectivity index (χ1n) is 9.91. The number of hydrogen-bond donors (Lipinski definition) is 1. The van der Waals surface area contributed by atoms with Crippen LogP contribution in [0.1, 0.15) is 19.4 Å². The Bertz CT molecular complexity index is 1230. The summed E-state index contributed by atoms with van der Waals surface area (Å²) >= 11 is 0. The molecule has 3 heterocycles. The summed E-state index contributed by atoms with van der Waals surface area (Å²) in [5.74, 6) is 0.945. The molecule has 7 heteroatoms. The van der Waals surface area contributed by atoms with Crippen molar-refractivity contribution in [2.45, 2.75) is 19.6 Å². The number of rotatable bonds is 4. The van der Waals surface area contributed by atoms with Crippen molar-refractivity contribution < 1.29 is 9.23 Å². The van der Waals surface area contributed by atoms with Crippen LogP contribution < -0.4 is 4.90 Å². The van der Waals surface area contributed by atoms with Gasteiger partial charge in [0.25, 0.3) is 0 Å². The summed E-state index contributed by atoms with van der Waals surface area (Å²) in [4.78, 5) is 20.1. The highest BCUT2D eigenvalue weighted by atomic mass is 19.1. The Kier molecular flexibility index (Phi) is 4.51. The van der Waals surface area contributed by atoms with Gasteiger partial charge in [-0.1, -0.05) is 35.5 Å². The van der Waals surface area contributed by atoms with Gasteiger partial charge in [0.15, 0.2) is 5.84 Å². The lowest BCUT2D eigenvalue weighted by Crippen LogP contribution is -2.45. The Labute approximate surface area is 179 Å². The smallest absolute Gasteiger partial charge is 0.213 e. The largest absolute Gasteiger partial charge is 0.365 e. The Hall–Kier alpha value is -4.00. The van der Waals surface area contributed by atoms with Crippen LogP contribution in [0, 0.1) is 5.82 Å². The van der Waals surface area contributed by atoms with Gasteiger partial charge in [-0.25, -0.2) is 9.37 Å². The normalized spacial score (nSPS) is 14.9. The number of aromatic amines is 1. The average molecular weight is 413 g/mol. The topological polar surface area (TPSA) is 66.4 Å². The van der Waals surface area contributed by atoms with Gasteiger partial charge in [-0.3, -0.25) is 9.88 Å². The van der Waals surface area contributed by atoms with Crippen LogP contribution in [-0.2, 0) is 4.84 Å². The van der Waals surface area contributed by atoms with E-state index in [0.717, 1.165) is 22.4 Å². The molecule has 0 aliphatic carbocycles. The number of imidazole rings is 1. The third kappa shape index (κ3) is 3.44. The van der Waals surface area contributed by atoms with Crippen LogP contribution in [0.5, 0.6) is 0 Å². The monoisotopic (exact) mass is 413 g/mol. The lowest BCUT2D eigenvalue weighted by atomic mass is 10.1. The predicted octanol–water partition coefficient (Wildman–Crippen LogP) is 5.21. The summed E-state index contributed by atoms with van der Waals surface area (Å²) in [6.45, 7) is 3.86. The summed E-state index contributed by atoms with van der Waals surface area (Å²) in [6.07, 6.45) is 3.45. The second-order valence-corrected chi connectivity index (χ2v) is 7.68. The lowest BCUT2D eigenvalue weighted by Gasteiger charge is -2.28. The van der Waals surface area contributed by atoms with Crippen molar-refractivity contribution in [3.63, 3.8) is 0 Å². The van der Waals surface area contributed by atoms with Crippen LogP contribution in [-0.4, -0.2) is 26.5 Å². The maximum atomic E-state index is 13.5. The number of anilines is 1. The fraction of sp³-hybridized carbons (Fsp3) is 0.125. The Morgan fingerprint density at radius 3 is 2.29 bits per heavy atom. The van der Waals surface area contributed by atoms with Crippen LogP contribution in [0.4, 0.5) is 10.3 Å². The molecule has 2 aromatic heterocycles. The van der Waals surface area contributed by atoms with Gasteiger partial charge < -0.3 is 9.82 Å².